The third-order valence-electron chi connectivity index (χ3n) is 4.10. The maximum Gasteiger partial charge on any atom is 0.240 e. The topological polar surface area (TPSA) is 82.9 Å². The lowest BCUT2D eigenvalue weighted by atomic mass is 10.1. The first-order chi connectivity index (χ1) is 11.6. The van der Waals surface area contributed by atoms with Crippen molar-refractivity contribution in [2.75, 3.05) is 0 Å². The largest absolute Gasteiger partial charge is 0.273 e. The summed E-state index contributed by atoms with van der Waals surface area (Å²) in [5, 5.41) is 7.95. The van der Waals surface area contributed by atoms with Crippen LogP contribution in [0.2, 0.25) is 0 Å². The lowest BCUT2D eigenvalue weighted by Gasteiger charge is -2.05. The van der Waals surface area contributed by atoms with Crippen LogP contribution in [0.1, 0.15) is 79.1 Å². The zero-order valence-corrected chi connectivity index (χ0v) is 15.7. The summed E-state index contributed by atoms with van der Waals surface area (Å²) >= 11 is 0. The molecule has 0 fully saturated rings. The van der Waals surface area contributed by atoms with Crippen LogP contribution in [0.4, 0.5) is 0 Å². The first kappa shape index (κ1) is 22.3. The van der Waals surface area contributed by atoms with E-state index in [4.69, 9.17) is 0 Å². The molecule has 0 bridgehead atoms. The Balaban J connectivity index is 3.77. The molecule has 0 heterocycles. The van der Waals surface area contributed by atoms with Gasteiger partial charge in [-0.1, -0.05) is 27.7 Å². The Bertz CT molecular complexity index is 362. The van der Waals surface area contributed by atoms with Crippen molar-refractivity contribution in [3.05, 3.63) is 0 Å². The summed E-state index contributed by atoms with van der Waals surface area (Å²) in [7, 11) is 0. The Morgan fingerprint density at radius 2 is 1.08 bits per heavy atom. The standard InChI is InChI=1S/C18H34N4O2/c1-5-15(6-2)13-19-21-17(23)11-9-10-12-18(24)22-20-14-16(7-3)8-4/h13-16H,5-12H2,1-4H3,(H,21,23)(H,22,24)/b19-13-,20-14-. The van der Waals surface area contributed by atoms with Gasteiger partial charge in [-0.15, -0.1) is 0 Å². The molecule has 0 aromatic rings. The fourth-order valence-corrected chi connectivity index (χ4v) is 2.11. The van der Waals surface area contributed by atoms with Crippen LogP contribution in [0.15, 0.2) is 10.2 Å². The minimum atomic E-state index is -0.107. The van der Waals surface area contributed by atoms with E-state index in [2.05, 4.69) is 48.7 Å². The average Bonchev–Trinajstić information content (AvgIpc) is 2.59. The lowest BCUT2D eigenvalue weighted by molar-refractivity contribution is -0.123. The monoisotopic (exact) mass is 338 g/mol. The smallest absolute Gasteiger partial charge is 0.240 e. The lowest BCUT2D eigenvalue weighted by Crippen LogP contribution is -2.19. The molecule has 0 aromatic carbocycles. The van der Waals surface area contributed by atoms with Crippen molar-refractivity contribution in [1.82, 2.24) is 10.9 Å². The molecular weight excluding hydrogens is 304 g/mol. The maximum atomic E-state index is 11.6. The second kappa shape index (κ2) is 14.8. The fraction of sp³-hybridized carbons (Fsp3) is 0.778. The second-order valence-corrected chi connectivity index (χ2v) is 5.99. The summed E-state index contributed by atoms with van der Waals surface area (Å²) in [5.41, 5.74) is 5.07. The highest BCUT2D eigenvalue weighted by Gasteiger charge is 2.04. The fourth-order valence-electron chi connectivity index (χ4n) is 2.11. The third kappa shape index (κ3) is 11.8. The van der Waals surface area contributed by atoms with Crippen LogP contribution in [0.25, 0.3) is 0 Å². The maximum absolute atomic E-state index is 11.6. The molecule has 0 aliphatic carbocycles. The number of nitrogens with zero attached hydrogens (tertiary/aromatic N) is 2. The van der Waals surface area contributed by atoms with Gasteiger partial charge in [-0.05, 0) is 50.4 Å². The molecule has 0 atom stereocenters. The molecule has 0 aliphatic rings. The van der Waals surface area contributed by atoms with Gasteiger partial charge in [0.2, 0.25) is 11.8 Å². The molecule has 138 valence electrons. The number of rotatable bonds is 13. The quantitative estimate of drug-likeness (QED) is 0.305. The Morgan fingerprint density at radius 3 is 1.38 bits per heavy atom. The number of amides is 2. The Kier molecular flexibility index (Phi) is 13.8. The van der Waals surface area contributed by atoms with Crippen molar-refractivity contribution in [3.8, 4) is 0 Å². The molecule has 0 spiro atoms. The first-order valence-corrected chi connectivity index (χ1v) is 9.21. The van der Waals surface area contributed by atoms with Crippen molar-refractivity contribution in [3.63, 3.8) is 0 Å². The van der Waals surface area contributed by atoms with Gasteiger partial charge in [-0.2, -0.15) is 10.2 Å². The predicted molar refractivity (Wildman–Crippen MR) is 99.9 cm³/mol. The average molecular weight is 338 g/mol. The number of hydrazone groups is 2. The van der Waals surface area contributed by atoms with Gasteiger partial charge in [0.25, 0.3) is 0 Å². The van der Waals surface area contributed by atoms with Gasteiger partial charge in [-0.3, -0.25) is 9.59 Å². The number of unbranched alkanes of at least 4 members (excludes halogenated alkanes) is 1. The van der Waals surface area contributed by atoms with Gasteiger partial charge < -0.3 is 0 Å². The zero-order chi connectivity index (χ0) is 18.2. The van der Waals surface area contributed by atoms with Crippen molar-refractivity contribution < 1.29 is 9.59 Å². The predicted octanol–water partition coefficient (Wildman–Crippen LogP) is 3.62. The van der Waals surface area contributed by atoms with E-state index in [0.717, 1.165) is 25.7 Å². The van der Waals surface area contributed by atoms with E-state index >= 15 is 0 Å². The van der Waals surface area contributed by atoms with Crippen LogP contribution in [-0.4, -0.2) is 24.2 Å². The molecule has 0 radical (unpaired) electrons. The van der Waals surface area contributed by atoms with Gasteiger partial charge in [-0.25, -0.2) is 10.9 Å². The van der Waals surface area contributed by atoms with Crippen molar-refractivity contribution >= 4 is 24.2 Å². The summed E-state index contributed by atoms with van der Waals surface area (Å²) < 4.78 is 0. The molecule has 0 unspecified atom stereocenters. The van der Waals surface area contributed by atoms with E-state index in [0.29, 0.717) is 37.5 Å². The molecule has 0 saturated carbocycles. The normalized spacial score (nSPS) is 11.8. The molecule has 2 N–H and O–H groups in total. The highest BCUT2D eigenvalue weighted by atomic mass is 16.2. The van der Waals surface area contributed by atoms with Gasteiger partial charge in [0.15, 0.2) is 0 Å². The van der Waals surface area contributed by atoms with Gasteiger partial charge >= 0.3 is 0 Å². The van der Waals surface area contributed by atoms with E-state index in [1.807, 2.05) is 0 Å². The number of hydrogen-bond acceptors (Lipinski definition) is 4. The molecule has 0 rings (SSSR count). The van der Waals surface area contributed by atoms with Crippen LogP contribution in [-0.2, 0) is 9.59 Å². The van der Waals surface area contributed by atoms with Crippen LogP contribution in [0.5, 0.6) is 0 Å². The van der Waals surface area contributed by atoms with E-state index in [-0.39, 0.29) is 11.8 Å². The summed E-state index contributed by atoms with van der Waals surface area (Å²) in [6.45, 7) is 8.40. The number of carbonyl (C=O) groups excluding carboxylic acids is 2. The van der Waals surface area contributed by atoms with Crippen LogP contribution in [0, 0.1) is 11.8 Å². The van der Waals surface area contributed by atoms with E-state index < -0.39 is 0 Å². The SMILES string of the molecule is CCC(/C=N\NC(=O)CCCCC(=O)N/N=C\C(CC)CC)CC. The Morgan fingerprint density at radius 1 is 0.750 bits per heavy atom. The van der Waals surface area contributed by atoms with Crippen LogP contribution >= 0.6 is 0 Å². The van der Waals surface area contributed by atoms with Crippen molar-refractivity contribution in [1.29, 1.82) is 0 Å². The highest BCUT2D eigenvalue weighted by molar-refractivity contribution is 5.78. The zero-order valence-electron chi connectivity index (χ0n) is 15.7. The minimum Gasteiger partial charge on any atom is -0.273 e. The van der Waals surface area contributed by atoms with E-state index in [1.165, 1.54) is 0 Å². The third-order valence-corrected chi connectivity index (χ3v) is 4.10. The Labute approximate surface area is 146 Å². The number of carbonyl (C=O) groups is 2. The summed E-state index contributed by atoms with van der Waals surface area (Å²) in [4.78, 5) is 23.2. The van der Waals surface area contributed by atoms with Crippen molar-refractivity contribution in [2.24, 2.45) is 22.0 Å². The van der Waals surface area contributed by atoms with Crippen LogP contribution < -0.4 is 10.9 Å². The summed E-state index contributed by atoms with van der Waals surface area (Å²) in [5.74, 6) is 0.609. The van der Waals surface area contributed by atoms with Gasteiger partial charge in [0, 0.05) is 25.3 Å². The van der Waals surface area contributed by atoms with E-state index in [9.17, 15) is 9.59 Å². The molecule has 0 aromatic heterocycles. The molecule has 6 heteroatoms. The molecule has 0 aliphatic heterocycles. The first-order valence-electron chi connectivity index (χ1n) is 9.21. The van der Waals surface area contributed by atoms with Gasteiger partial charge in [0.05, 0.1) is 0 Å². The summed E-state index contributed by atoms with van der Waals surface area (Å²) in [6.07, 6.45) is 9.75. The number of hydrogen-bond donors (Lipinski definition) is 2. The Hall–Kier alpha value is -1.72. The molecular formula is C18H34N4O2. The number of nitrogens with one attached hydrogen (secondary N) is 2. The van der Waals surface area contributed by atoms with E-state index in [1.54, 1.807) is 12.4 Å². The molecule has 0 saturated heterocycles. The van der Waals surface area contributed by atoms with Crippen LogP contribution in [0.3, 0.4) is 0 Å². The van der Waals surface area contributed by atoms with Gasteiger partial charge in [0.1, 0.15) is 0 Å². The molecule has 6 nitrogen and oxygen atoms in total. The second-order valence-electron chi connectivity index (χ2n) is 5.99. The highest BCUT2D eigenvalue weighted by Crippen LogP contribution is 2.04. The molecule has 24 heavy (non-hydrogen) atoms. The molecule has 2 amide bonds. The minimum absolute atomic E-state index is 0.107. The van der Waals surface area contributed by atoms with Crippen molar-refractivity contribution in [2.45, 2.75) is 79.1 Å². The summed E-state index contributed by atoms with van der Waals surface area (Å²) in [6, 6.07) is 0.